The standard InChI is InChI=1S/C11H13IO2/c1-3-8(2)11(13)14-10-7-5-4-6-9(10)12/h4-8H,3H2,1-2H3. The Bertz CT molecular complexity index is 323. The van der Waals surface area contributed by atoms with E-state index in [0.29, 0.717) is 5.75 Å². The summed E-state index contributed by atoms with van der Waals surface area (Å²) in [5.74, 6) is 0.459. The second-order valence-electron chi connectivity index (χ2n) is 3.16. The molecule has 0 fully saturated rings. The van der Waals surface area contributed by atoms with Crippen molar-refractivity contribution >= 4 is 28.6 Å². The number of carbonyl (C=O) groups is 1. The fraction of sp³-hybridized carbons (Fsp3) is 0.364. The van der Waals surface area contributed by atoms with Gasteiger partial charge in [-0.05, 0) is 41.1 Å². The van der Waals surface area contributed by atoms with Gasteiger partial charge in [-0.25, -0.2) is 0 Å². The lowest BCUT2D eigenvalue weighted by molar-refractivity contribution is -0.138. The Morgan fingerprint density at radius 2 is 2.14 bits per heavy atom. The van der Waals surface area contributed by atoms with Gasteiger partial charge in [-0.1, -0.05) is 26.0 Å². The van der Waals surface area contributed by atoms with Crippen LogP contribution in [0.4, 0.5) is 0 Å². The molecular weight excluding hydrogens is 291 g/mol. The molecule has 0 aliphatic carbocycles. The Balaban J connectivity index is 2.70. The molecule has 1 aromatic rings. The number of para-hydroxylation sites is 1. The third-order valence-corrected chi connectivity index (χ3v) is 2.95. The maximum absolute atomic E-state index is 11.5. The van der Waals surface area contributed by atoms with Gasteiger partial charge in [-0.3, -0.25) is 4.79 Å². The van der Waals surface area contributed by atoms with Crippen LogP contribution in [0, 0.1) is 9.49 Å². The van der Waals surface area contributed by atoms with Crippen molar-refractivity contribution < 1.29 is 9.53 Å². The molecule has 0 bridgehead atoms. The predicted molar refractivity (Wildman–Crippen MR) is 64.2 cm³/mol. The summed E-state index contributed by atoms with van der Waals surface area (Å²) < 4.78 is 6.21. The zero-order chi connectivity index (χ0) is 10.6. The van der Waals surface area contributed by atoms with Gasteiger partial charge < -0.3 is 4.74 Å². The van der Waals surface area contributed by atoms with Crippen molar-refractivity contribution in [3.8, 4) is 5.75 Å². The number of rotatable bonds is 3. The molecule has 76 valence electrons. The molecular formula is C11H13IO2. The monoisotopic (exact) mass is 304 g/mol. The van der Waals surface area contributed by atoms with Gasteiger partial charge in [0, 0.05) is 0 Å². The Morgan fingerprint density at radius 1 is 1.50 bits per heavy atom. The normalized spacial score (nSPS) is 12.2. The van der Waals surface area contributed by atoms with E-state index in [2.05, 4.69) is 22.6 Å². The summed E-state index contributed by atoms with van der Waals surface area (Å²) in [5.41, 5.74) is 0. The first-order chi connectivity index (χ1) is 6.65. The molecule has 0 radical (unpaired) electrons. The average Bonchev–Trinajstić information content (AvgIpc) is 2.20. The van der Waals surface area contributed by atoms with Gasteiger partial charge in [-0.15, -0.1) is 0 Å². The minimum Gasteiger partial charge on any atom is -0.425 e. The molecule has 0 heterocycles. The zero-order valence-corrected chi connectivity index (χ0v) is 10.4. The molecule has 3 heteroatoms. The lowest BCUT2D eigenvalue weighted by Gasteiger charge is -2.09. The topological polar surface area (TPSA) is 26.3 Å². The molecule has 0 aliphatic rings. The van der Waals surface area contributed by atoms with Gasteiger partial charge in [0.25, 0.3) is 0 Å². The molecule has 1 unspecified atom stereocenters. The van der Waals surface area contributed by atoms with Crippen molar-refractivity contribution in [2.75, 3.05) is 0 Å². The molecule has 2 nitrogen and oxygen atoms in total. The predicted octanol–water partition coefficient (Wildman–Crippen LogP) is 3.24. The molecule has 0 amide bonds. The maximum Gasteiger partial charge on any atom is 0.314 e. The summed E-state index contributed by atoms with van der Waals surface area (Å²) in [6.07, 6.45) is 0.808. The quantitative estimate of drug-likeness (QED) is 0.487. The lowest BCUT2D eigenvalue weighted by Crippen LogP contribution is -2.17. The molecule has 0 saturated heterocycles. The molecule has 0 aromatic heterocycles. The minimum atomic E-state index is -0.156. The highest BCUT2D eigenvalue weighted by atomic mass is 127. The maximum atomic E-state index is 11.5. The van der Waals surface area contributed by atoms with E-state index in [9.17, 15) is 4.79 Å². The summed E-state index contributed by atoms with van der Waals surface area (Å²) in [4.78, 5) is 11.5. The van der Waals surface area contributed by atoms with E-state index in [-0.39, 0.29) is 11.9 Å². The van der Waals surface area contributed by atoms with Crippen LogP contribution in [-0.4, -0.2) is 5.97 Å². The Kier molecular flexibility index (Phi) is 4.38. The van der Waals surface area contributed by atoms with Crippen LogP contribution < -0.4 is 4.74 Å². The number of carbonyl (C=O) groups excluding carboxylic acids is 1. The highest BCUT2D eigenvalue weighted by molar-refractivity contribution is 14.1. The number of halogens is 1. The van der Waals surface area contributed by atoms with Gasteiger partial charge >= 0.3 is 5.97 Å². The third-order valence-electron chi connectivity index (χ3n) is 2.06. The first-order valence-corrected chi connectivity index (χ1v) is 5.69. The molecule has 0 spiro atoms. The van der Waals surface area contributed by atoms with Crippen LogP contribution in [0.2, 0.25) is 0 Å². The van der Waals surface area contributed by atoms with E-state index in [4.69, 9.17) is 4.74 Å². The van der Waals surface area contributed by atoms with E-state index in [1.807, 2.05) is 38.1 Å². The van der Waals surface area contributed by atoms with Crippen molar-refractivity contribution in [2.24, 2.45) is 5.92 Å². The number of benzene rings is 1. The van der Waals surface area contributed by atoms with Crippen LogP contribution in [0.3, 0.4) is 0 Å². The van der Waals surface area contributed by atoms with Gasteiger partial charge in [0.1, 0.15) is 5.75 Å². The summed E-state index contributed by atoms with van der Waals surface area (Å²) in [5, 5.41) is 0. The smallest absolute Gasteiger partial charge is 0.314 e. The van der Waals surface area contributed by atoms with Gasteiger partial charge in [-0.2, -0.15) is 0 Å². The first kappa shape index (κ1) is 11.5. The largest absolute Gasteiger partial charge is 0.425 e. The van der Waals surface area contributed by atoms with E-state index in [0.717, 1.165) is 9.99 Å². The SMILES string of the molecule is CCC(C)C(=O)Oc1ccccc1I. The summed E-state index contributed by atoms with van der Waals surface area (Å²) in [7, 11) is 0. The molecule has 0 N–H and O–H groups in total. The molecule has 0 aliphatic heterocycles. The van der Waals surface area contributed by atoms with Crippen molar-refractivity contribution in [2.45, 2.75) is 20.3 Å². The van der Waals surface area contributed by atoms with Crippen LogP contribution in [0.25, 0.3) is 0 Å². The Morgan fingerprint density at radius 3 is 2.71 bits per heavy atom. The van der Waals surface area contributed by atoms with Gasteiger partial charge in [0.05, 0.1) is 9.49 Å². The molecule has 1 atom stereocenters. The fourth-order valence-electron chi connectivity index (χ4n) is 0.903. The van der Waals surface area contributed by atoms with Crippen molar-refractivity contribution in [3.05, 3.63) is 27.8 Å². The zero-order valence-electron chi connectivity index (χ0n) is 8.29. The van der Waals surface area contributed by atoms with Crippen molar-refractivity contribution in [3.63, 3.8) is 0 Å². The molecule has 1 aromatic carbocycles. The van der Waals surface area contributed by atoms with E-state index in [1.54, 1.807) is 0 Å². The summed E-state index contributed by atoms with van der Waals surface area (Å²) in [6, 6.07) is 7.51. The number of hydrogen-bond donors (Lipinski definition) is 0. The second-order valence-corrected chi connectivity index (χ2v) is 4.32. The first-order valence-electron chi connectivity index (χ1n) is 4.61. The second kappa shape index (κ2) is 5.34. The molecule has 0 saturated carbocycles. The van der Waals surface area contributed by atoms with Crippen LogP contribution in [0.1, 0.15) is 20.3 Å². The van der Waals surface area contributed by atoms with Gasteiger partial charge in [0.15, 0.2) is 0 Å². The van der Waals surface area contributed by atoms with E-state index >= 15 is 0 Å². The van der Waals surface area contributed by atoms with Crippen molar-refractivity contribution in [1.82, 2.24) is 0 Å². The van der Waals surface area contributed by atoms with Crippen LogP contribution in [-0.2, 0) is 4.79 Å². The highest BCUT2D eigenvalue weighted by Crippen LogP contribution is 2.21. The van der Waals surface area contributed by atoms with Gasteiger partial charge in [0.2, 0.25) is 0 Å². The third kappa shape index (κ3) is 2.97. The molecule has 1 rings (SSSR count). The average molecular weight is 304 g/mol. The summed E-state index contributed by atoms with van der Waals surface area (Å²) in [6.45, 7) is 3.85. The summed E-state index contributed by atoms with van der Waals surface area (Å²) >= 11 is 2.15. The van der Waals surface area contributed by atoms with E-state index in [1.165, 1.54) is 0 Å². The number of esters is 1. The van der Waals surface area contributed by atoms with E-state index < -0.39 is 0 Å². The van der Waals surface area contributed by atoms with Crippen LogP contribution in [0.5, 0.6) is 5.75 Å². The highest BCUT2D eigenvalue weighted by Gasteiger charge is 2.13. The Hall–Kier alpha value is -0.580. The number of ether oxygens (including phenoxy) is 1. The molecule has 14 heavy (non-hydrogen) atoms. The fourth-order valence-corrected chi connectivity index (χ4v) is 1.40. The lowest BCUT2D eigenvalue weighted by atomic mass is 10.1. The Labute approximate surface area is 97.8 Å². The van der Waals surface area contributed by atoms with Crippen LogP contribution in [0.15, 0.2) is 24.3 Å². The number of hydrogen-bond acceptors (Lipinski definition) is 2. The minimum absolute atomic E-state index is 0.0361. The van der Waals surface area contributed by atoms with Crippen LogP contribution >= 0.6 is 22.6 Å². The van der Waals surface area contributed by atoms with Crippen molar-refractivity contribution in [1.29, 1.82) is 0 Å².